The van der Waals surface area contributed by atoms with Crippen molar-refractivity contribution in [3.63, 3.8) is 0 Å². The molecule has 4 nitrogen and oxygen atoms in total. The molecule has 4 saturated heterocycles. The van der Waals surface area contributed by atoms with Crippen molar-refractivity contribution in [1.82, 2.24) is 0 Å². The Kier molecular flexibility index (Phi) is 4.97. The quantitative estimate of drug-likeness (QED) is 0.646. The number of aryl methyl sites for hydroxylation is 1. The van der Waals surface area contributed by atoms with Crippen LogP contribution in [0.1, 0.15) is 57.9 Å². The van der Waals surface area contributed by atoms with Gasteiger partial charge >= 0.3 is 0 Å². The van der Waals surface area contributed by atoms with Gasteiger partial charge in [-0.3, -0.25) is 0 Å². The Labute approximate surface area is 170 Å². The Bertz CT molecular complexity index is 753. The molecule has 0 N–H and O–H groups in total. The van der Waals surface area contributed by atoms with E-state index in [0.29, 0.717) is 42.3 Å². The molecule has 2 bridgehead atoms. The van der Waals surface area contributed by atoms with E-state index in [-0.39, 0.29) is 6.29 Å². The zero-order valence-electron chi connectivity index (χ0n) is 17.2. The SMILES string of the molecule is C[C@@H]1CC[C@H]2[C@@H](CCCc3cc(F)cc(F)c3)CO[C@@H]3O[C@]4(C)CC[C@@H]1[C@]32OO4. The summed E-state index contributed by atoms with van der Waals surface area (Å²) < 4.78 is 39.4. The predicted octanol–water partition coefficient (Wildman–Crippen LogP) is 5.15. The Morgan fingerprint density at radius 2 is 1.83 bits per heavy atom. The average Bonchev–Trinajstić information content (AvgIpc) is 2.90. The summed E-state index contributed by atoms with van der Waals surface area (Å²) >= 11 is 0. The monoisotopic (exact) mass is 408 g/mol. The van der Waals surface area contributed by atoms with E-state index in [2.05, 4.69) is 6.92 Å². The van der Waals surface area contributed by atoms with E-state index >= 15 is 0 Å². The first kappa shape index (κ1) is 19.9. The molecule has 6 rings (SSSR count). The number of fused-ring (bicyclic) bond motifs is 2. The van der Waals surface area contributed by atoms with Gasteiger partial charge in [-0.1, -0.05) is 6.92 Å². The second-order valence-electron chi connectivity index (χ2n) is 9.67. The predicted molar refractivity (Wildman–Crippen MR) is 102 cm³/mol. The van der Waals surface area contributed by atoms with E-state index < -0.39 is 23.0 Å². The first-order valence-electron chi connectivity index (χ1n) is 11.0. The van der Waals surface area contributed by atoms with Gasteiger partial charge in [-0.25, -0.2) is 18.6 Å². The van der Waals surface area contributed by atoms with Crippen molar-refractivity contribution in [2.75, 3.05) is 6.61 Å². The zero-order valence-corrected chi connectivity index (χ0v) is 17.2. The van der Waals surface area contributed by atoms with E-state index in [0.717, 1.165) is 38.2 Å². The number of benzene rings is 1. The minimum atomic E-state index is -0.730. The van der Waals surface area contributed by atoms with Crippen molar-refractivity contribution in [2.24, 2.45) is 23.7 Å². The summed E-state index contributed by atoms with van der Waals surface area (Å²) in [5.74, 6) is -0.221. The van der Waals surface area contributed by atoms with Crippen molar-refractivity contribution < 1.29 is 28.0 Å². The Morgan fingerprint density at radius 1 is 1.03 bits per heavy atom. The summed E-state index contributed by atoms with van der Waals surface area (Å²) in [4.78, 5) is 12.0. The maximum absolute atomic E-state index is 13.5. The van der Waals surface area contributed by atoms with E-state index in [9.17, 15) is 8.78 Å². The summed E-state index contributed by atoms with van der Waals surface area (Å²) in [5, 5.41) is 0. The first-order valence-corrected chi connectivity index (χ1v) is 11.0. The lowest BCUT2D eigenvalue weighted by atomic mass is 9.57. The second-order valence-corrected chi connectivity index (χ2v) is 9.67. The fourth-order valence-electron chi connectivity index (χ4n) is 6.33. The molecule has 5 aliphatic rings. The molecule has 6 heteroatoms. The van der Waals surface area contributed by atoms with Crippen LogP contribution in [-0.2, 0) is 25.7 Å². The van der Waals surface area contributed by atoms with Gasteiger partial charge in [0.2, 0.25) is 5.79 Å². The molecule has 4 aliphatic heterocycles. The number of rotatable bonds is 4. The fourth-order valence-corrected chi connectivity index (χ4v) is 6.33. The van der Waals surface area contributed by atoms with Crippen LogP contribution in [0.3, 0.4) is 0 Å². The molecule has 0 unspecified atom stereocenters. The highest BCUT2D eigenvalue weighted by atomic mass is 19.1. The standard InChI is InChI=1S/C23H30F2O4/c1-14-6-7-20-16(5-3-4-15-10-17(24)12-18(25)11-15)13-26-21-23(20)19(14)8-9-22(2,27-21)28-29-23/h10-12,14,16,19-21H,3-9,13H2,1-2H3/t14-,16+,19+,20+,21-,22+,23-/m1/s1. The van der Waals surface area contributed by atoms with Gasteiger partial charge in [-0.2, -0.15) is 0 Å². The van der Waals surface area contributed by atoms with Gasteiger partial charge in [-0.15, -0.1) is 0 Å². The molecular formula is C23H30F2O4. The normalized spacial score (nSPS) is 43.7. The number of hydrogen-bond donors (Lipinski definition) is 0. The van der Waals surface area contributed by atoms with Crippen molar-refractivity contribution >= 4 is 0 Å². The molecular weight excluding hydrogens is 378 g/mol. The fraction of sp³-hybridized carbons (Fsp3) is 0.739. The van der Waals surface area contributed by atoms with Gasteiger partial charge in [0.25, 0.3) is 0 Å². The summed E-state index contributed by atoms with van der Waals surface area (Å²) in [6, 6.07) is 3.76. The Morgan fingerprint density at radius 3 is 2.62 bits per heavy atom. The maximum Gasteiger partial charge on any atom is 0.201 e. The van der Waals surface area contributed by atoms with Gasteiger partial charge < -0.3 is 9.47 Å². The molecule has 0 amide bonds. The lowest BCUT2D eigenvalue weighted by Gasteiger charge is -2.59. The smallest absolute Gasteiger partial charge is 0.201 e. The molecule has 1 saturated carbocycles. The summed E-state index contributed by atoms with van der Waals surface area (Å²) in [7, 11) is 0. The molecule has 5 fully saturated rings. The first-order chi connectivity index (χ1) is 13.9. The van der Waals surface area contributed by atoms with Crippen LogP contribution >= 0.6 is 0 Å². The van der Waals surface area contributed by atoms with Crippen molar-refractivity contribution in [3.8, 4) is 0 Å². The van der Waals surface area contributed by atoms with Crippen LogP contribution in [0.15, 0.2) is 18.2 Å². The molecule has 0 radical (unpaired) electrons. The summed E-state index contributed by atoms with van der Waals surface area (Å²) in [5.41, 5.74) is 0.165. The molecule has 160 valence electrons. The maximum atomic E-state index is 13.5. The van der Waals surface area contributed by atoms with Gasteiger partial charge in [0, 0.05) is 18.4 Å². The number of halogens is 2. The topological polar surface area (TPSA) is 36.9 Å². The van der Waals surface area contributed by atoms with Crippen LogP contribution in [0.2, 0.25) is 0 Å². The minimum absolute atomic E-state index is 0.314. The molecule has 1 spiro atoms. The summed E-state index contributed by atoms with van der Waals surface area (Å²) in [6.07, 6.45) is 6.13. The Balaban J connectivity index is 1.33. The van der Waals surface area contributed by atoms with Crippen LogP contribution in [0, 0.1) is 35.3 Å². The number of hydrogen-bond acceptors (Lipinski definition) is 4. The highest BCUT2D eigenvalue weighted by Gasteiger charge is 2.68. The van der Waals surface area contributed by atoms with E-state index in [1.807, 2.05) is 6.92 Å². The van der Waals surface area contributed by atoms with Gasteiger partial charge in [0.1, 0.15) is 11.6 Å². The van der Waals surface area contributed by atoms with Crippen molar-refractivity contribution in [3.05, 3.63) is 35.4 Å². The summed E-state index contributed by atoms with van der Waals surface area (Å²) in [6.45, 7) is 4.87. The van der Waals surface area contributed by atoms with E-state index in [4.69, 9.17) is 19.2 Å². The third-order valence-electron chi connectivity index (χ3n) is 7.77. The van der Waals surface area contributed by atoms with Crippen molar-refractivity contribution in [1.29, 1.82) is 0 Å². The third kappa shape index (κ3) is 3.32. The van der Waals surface area contributed by atoms with Gasteiger partial charge in [0.15, 0.2) is 11.9 Å². The minimum Gasteiger partial charge on any atom is -0.349 e. The van der Waals surface area contributed by atoms with Crippen LogP contribution in [0.5, 0.6) is 0 Å². The van der Waals surface area contributed by atoms with Gasteiger partial charge in [0.05, 0.1) is 6.61 Å². The highest BCUT2D eigenvalue weighted by molar-refractivity contribution is 5.18. The second kappa shape index (κ2) is 7.26. The zero-order chi connectivity index (χ0) is 20.2. The molecule has 1 aromatic rings. The highest BCUT2D eigenvalue weighted by Crippen LogP contribution is 2.60. The molecule has 1 aliphatic carbocycles. The molecule has 7 atom stereocenters. The molecule has 4 heterocycles. The largest absolute Gasteiger partial charge is 0.349 e. The average molecular weight is 408 g/mol. The third-order valence-corrected chi connectivity index (χ3v) is 7.77. The van der Waals surface area contributed by atoms with E-state index in [1.54, 1.807) is 0 Å². The van der Waals surface area contributed by atoms with Crippen LogP contribution < -0.4 is 0 Å². The molecule has 1 aromatic carbocycles. The van der Waals surface area contributed by atoms with Crippen LogP contribution in [0.4, 0.5) is 8.78 Å². The van der Waals surface area contributed by atoms with E-state index in [1.165, 1.54) is 18.6 Å². The number of ether oxygens (including phenoxy) is 2. The molecule has 29 heavy (non-hydrogen) atoms. The van der Waals surface area contributed by atoms with Crippen LogP contribution in [0.25, 0.3) is 0 Å². The lowest BCUT2D eigenvalue weighted by molar-refractivity contribution is -0.567. The van der Waals surface area contributed by atoms with Crippen molar-refractivity contribution in [2.45, 2.75) is 76.5 Å². The van der Waals surface area contributed by atoms with Gasteiger partial charge in [-0.05, 0) is 80.9 Å². The lowest BCUT2D eigenvalue weighted by Crippen LogP contribution is -2.69. The Hall–Kier alpha value is -1.08. The van der Waals surface area contributed by atoms with Crippen LogP contribution in [-0.4, -0.2) is 24.3 Å². The molecule has 0 aromatic heterocycles.